The summed E-state index contributed by atoms with van der Waals surface area (Å²) in [5, 5.41) is 2.47. The van der Waals surface area contributed by atoms with Gasteiger partial charge in [0.25, 0.3) is 0 Å². The number of rotatable bonds is 7. The molecule has 7 nitrogen and oxygen atoms in total. The summed E-state index contributed by atoms with van der Waals surface area (Å²) < 4.78 is 42.0. The Kier molecular flexibility index (Phi) is 6.29. The lowest BCUT2D eigenvalue weighted by Crippen LogP contribution is -2.42. The van der Waals surface area contributed by atoms with E-state index in [2.05, 4.69) is 9.50 Å². The summed E-state index contributed by atoms with van der Waals surface area (Å²) in [6, 6.07) is 4.52. The molecule has 0 bridgehead atoms. The molecule has 0 spiro atoms. The van der Waals surface area contributed by atoms with Crippen LogP contribution in [0.1, 0.15) is 19.4 Å². The maximum Gasteiger partial charge on any atom is 0.488 e. The lowest BCUT2D eigenvalue weighted by atomic mass is 10.1. The third-order valence-corrected chi connectivity index (χ3v) is 2.90. The van der Waals surface area contributed by atoms with Crippen LogP contribution in [0.4, 0.5) is 3.89 Å². The molecule has 1 rings (SSSR count). The van der Waals surface area contributed by atoms with Gasteiger partial charge in [-0.3, -0.25) is 4.79 Å². The Hall–Kier alpha value is -2.16. The van der Waals surface area contributed by atoms with E-state index >= 15 is 0 Å². The van der Waals surface area contributed by atoms with Crippen LogP contribution in [-0.4, -0.2) is 32.9 Å². The van der Waals surface area contributed by atoms with Crippen molar-refractivity contribution in [2.75, 3.05) is 6.61 Å². The van der Waals surface area contributed by atoms with Gasteiger partial charge in [-0.15, -0.1) is 0 Å². The molecule has 0 aliphatic heterocycles. The number of nitrogens with one attached hydrogen (secondary N) is 1. The van der Waals surface area contributed by atoms with E-state index < -0.39 is 22.5 Å². The number of carbonyl (C=O) groups is 2. The third kappa shape index (κ3) is 6.53. The topological polar surface area (TPSA) is 98.8 Å². The highest BCUT2D eigenvalue weighted by molar-refractivity contribution is 7.81. The van der Waals surface area contributed by atoms with E-state index in [-0.39, 0.29) is 24.7 Å². The minimum Gasteiger partial charge on any atom is -0.464 e. The van der Waals surface area contributed by atoms with Gasteiger partial charge in [0, 0.05) is 13.3 Å². The molecule has 0 fully saturated rings. The molecule has 0 aliphatic rings. The molecule has 0 aromatic heterocycles. The zero-order valence-corrected chi connectivity index (χ0v) is 12.9. The number of esters is 1. The molecule has 0 saturated carbocycles. The minimum atomic E-state index is -5.08. The predicted molar refractivity (Wildman–Crippen MR) is 75.0 cm³/mol. The van der Waals surface area contributed by atoms with Crippen LogP contribution in [0.15, 0.2) is 24.3 Å². The number of benzene rings is 1. The Morgan fingerprint density at radius 3 is 2.32 bits per heavy atom. The highest BCUT2D eigenvalue weighted by Gasteiger charge is 2.21. The Balaban J connectivity index is 2.80. The number of ether oxygens (including phenoxy) is 1. The van der Waals surface area contributed by atoms with Crippen molar-refractivity contribution in [3.8, 4) is 5.75 Å². The Bertz CT molecular complexity index is 628. The first-order valence-electron chi connectivity index (χ1n) is 6.38. The van der Waals surface area contributed by atoms with E-state index in [1.54, 1.807) is 6.92 Å². The quantitative estimate of drug-likeness (QED) is 0.588. The van der Waals surface area contributed by atoms with Gasteiger partial charge in [0.05, 0.1) is 6.61 Å². The van der Waals surface area contributed by atoms with Crippen molar-refractivity contribution in [3.63, 3.8) is 0 Å². The molecule has 0 aliphatic carbocycles. The van der Waals surface area contributed by atoms with E-state index in [0.717, 1.165) is 0 Å². The van der Waals surface area contributed by atoms with Gasteiger partial charge in [-0.05, 0) is 24.6 Å². The van der Waals surface area contributed by atoms with E-state index in [1.807, 2.05) is 0 Å². The van der Waals surface area contributed by atoms with Gasteiger partial charge >= 0.3 is 16.5 Å². The number of hydrogen-bond acceptors (Lipinski definition) is 6. The molecule has 0 radical (unpaired) electrons. The average Bonchev–Trinajstić information content (AvgIpc) is 2.38. The molecule has 1 amide bonds. The zero-order valence-electron chi connectivity index (χ0n) is 12.0. The Labute approximate surface area is 127 Å². The summed E-state index contributed by atoms with van der Waals surface area (Å²) in [5.41, 5.74) is 0.607. The summed E-state index contributed by atoms with van der Waals surface area (Å²) in [7, 11) is -5.08. The van der Waals surface area contributed by atoms with Gasteiger partial charge in [0.15, 0.2) is 0 Å². The molecule has 1 aromatic rings. The Morgan fingerprint density at radius 2 is 1.86 bits per heavy atom. The summed E-state index contributed by atoms with van der Waals surface area (Å²) in [6.07, 6.45) is 0.140. The number of hydrogen-bond donors (Lipinski definition) is 1. The first kappa shape index (κ1) is 17.9. The van der Waals surface area contributed by atoms with Crippen molar-refractivity contribution in [2.45, 2.75) is 26.3 Å². The van der Waals surface area contributed by atoms with Gasteiger partial charge in [0.1, 0.15) is 11.8 Å². The fourth-order valence-electron chi connectivity index (χ4n) is 1.71. The molecule has 0 unspecified atom stereocenters. The van der Waals surface area contributed by atoms with Crippen molar-refractivity contribution in [1.29, 1.82) is 0 Å². The second-order valence-corrected chi connectivity index (χ2v) is 5.28. The van der Waals surface area contributed by atoms with Gasteiger partial charge in [-0.1, -0.05) is 16.0 Å². The van der Waals surface area contributed by atoms with Crippen molar-refractivity contribution < 1.29 is 30.8 Å². The van der Waals surface area contributed by atoms with Crippen LogP contribution in [0.2, 0.25) is 0 Å². The van der Waals surface area contributed by atoms with Gasteiger partial charge in [-0.2, -0.15) is 8.42 Å². The molecular weight excluding hydrogens is 317 g/mol. The highest BCUT2D eigenvalue weighted by atomic mass is 32.3. The minimum absolute atomic E-state index is 0.140. The van der Waals surface area contributed by atoms with E-state index in [1.165, 1.54) is 31.2 Å². The van der Waals surface area contributed by atoms with Crippen molar-refractivity contribution >= 4 is 22.4 Å². The fraction of sp³-hybridized carbons (Fsp3) is 0.385. The molecule has 9 heteroatoms. The van der Waals surface area contributed by atoms with Crippen LogP contribution in [0, 0.1) is 0 Å². The molecule has 1 aromatic carbocycles. The SMILES string of the molecule is CCOC(=O)[C@H](Cc1ccc(OS(=O)(=O)F)cc1)NC(C)=O. The first-order valence-corrected chi connectivity index (χ1v) is 7.69. The van der Waals surface area contributed by atoms with E-state index in [9.17, 15) is 21.9 Å². The summed E-state index contributed by atoms with van der Waals surface area (Å²) >= 11 is 0. The van der Waals surface area contributed by atoms with E-state index in [0.29, 0.717) is 5.56 Å². The third-order valence-electron chi connectivity index (χ3n) is 2.51. The second kappa shape index (κ2) is 7.74. The average molecular weight is 333 g/mol. The normalized spacial score (nSPS) is 12.3. The maximum absolute atomic E-state index is 12.4. The van der Waals surface area contributed by atoms with Crippen LogP contribution in [0.3, 0.4) is 0 Å². The summed E-state index contributed by atoms with van der Waals surface area (Å²) in [6.45, 7) is 3.09. The van der Waals surface area contributed by atoms with Crippen LogP contribution in [-0.2, 0) is 31.3 Å². The monoisotopic (exact) mass is 333 g/mol. The molecule has 0 heterocycles. The van der Waals surface area contributed by atoms with Crippen molar-refractivity contribution in [3.05, 3.63) is 29.8 Å². The smallest absolute Gasteiger partial charge is 0.464 e. The molecule has 0 saturated heterocycles. The molecule has 122 valence electrons. The van der Waals surface area contributed by atoms with Crippen LogP contribution in [0.25, 0.3) is 0 Å². The highest BCUT2D eigenvalue weighted by Crippen LogP contribution is 2.16. The Morgan fingerprint density at radius 1 is 1.27 bits per heavy atom. The first-order chi connectivity index (χ1) is 10.2. The number of carbonyl (C=O) groups excluding carboxylic acids is 2. The summed E-state index contributed by atoms with van der Waals surface area (Å²) in [4.78, 5) is 22.9. The molecule has 1 atom stereocenters. The van der Waals surface area contributed by atoms with E-state index in [4.69, 9.17) is 4.74 Å². The maximum atomic E-state index is 12.4. The predicted octanol–water partition coefficient (Wildman–Crippen LogP) is 0.890. The van der Waals surface area contributed by atoms with Gasteiger partial charge < -0.3 is 14.2 Å². The fourth-order valence-corrected chi connectivity index (χ4v) is 2.05. The van der Waals surface area contributed by atoms with Crippen molar-refractivity contribution in [1.82, 2.24) is 5.32 Å². The van der Waals surface area contributed by atoms with Gasteiger partial charge in [0.2, 0.25) is 5.91 Å². The van der Waals surface area contributed by atoms with Crippen LogP contribution < -0.4 is 9.50 Å². The molecule has 1 N–H and O–H groups in total. The summed E-state index contributed by atoms with van der Waals surface area (Å²) in [5.74, 6) is -1.16. The second-order valence-electron chi connectivity index (χ2n) is 4.33. The van der Waals surface area contributed by atoms with Crippen molar-refractivity contribution in [2.24, 2.45) is 0 Å². The lowest BCUT2D eigenvalue weighted by molar-refractivity contribution is -0.147. The van der Waals surface area contributed by atoms with Crippen LogP contribution in [0.5, 0.6) is 5.75 Å². The molecule has 22 heavy (non-hydrogen) atoms. The molecular formula is C13H16FNO6S. The largest absolute Gasteiger partial charge is 0.488 e. The number of halogens is 1. The standard InChI is InChI=1S/C13H16FNO6S/c1-3-20-13(17)12(15-9(2)16)8-10-4-6-11(7-5-10)21-22(14,18)19/h4-7,12H,3,8H2,1-2H3,(H,15,16)/t12-/m0/s1. The zero-order chi connectivity index (χ0) is 16.8. The van der Waals surface area contributed by atoms with Crippen LogP contribution >= 0.6 is 0 Å². The number of amides is 1. The lowest BCUT2D eigenvalue weighted by Gasteiger charge is -2.16. The van der Waals surface area contributed by atoms with Gasteiger partial charge in [-0.25, -0.2) is 4.79 Å².